The van der Waals surface area contributed by atoms with E-state index in [0.717, 1.165) is 28.1 Å². The van der Waals surface area contributed by atoms with Crippen LogP contribution in [0.5, 0.6) is 0 Å². The number of esters is 1. The molecule has 0 unspecified atom stereocenters. The number of aromatic nitrogens is 2. The minimum Gasteiger partial charge on any atom is -0.462 e. The average molecular weight is 367 g/mol. The zero-order chi connectivity index (χ0) is 19.5. The van der Waals surface area contributed by atoms with E-state index in [2.05, 4.69) is 4.85 Å². The van der Waals surface area contributed by atoms with E-state index in [1.807, 2.05) is 53.1 Å². The highest BCUT2D eigenvalue weighted by atomic mass is 16.5. The zero-order valence-electron chi connectivity index (χ0n) is 15.3. The summed E-state index contributed by atoms with van der Waals surface area (Å²) in [6.07, 6.45) is 0. The minimum atomic E-state index is -0.356. The van der Waals surface area contributed by atoms with Crippen LogP contribution >= 0.6 is 0 Å². The van der Waals surface area contributed by atoms with Crippen molar-refractivity contribution in [2.24, 2.45) is 0 Å². The smallest absolute Gasteiger partial charge is 0.338 e. The van der Waals surface area contributed by atoms with Crippen molar-refractivity contribution in [3.8, 4) is 17.1 Å². The number of hydrogen-bond acceptors (Lipinski definition) is 3. The van der Waals surface area contributed by atoms with Crippen LogP contribution in [0.2, 0.25) is 0 Å². The molecule has 0 atom stereocenters. The van der Waals surface area contributed by atoms with Gasteiger partial charge >= 0.3 is 5.97 Å². The molecule has 0 saturated carbocycles. The van der Waals surface area contributed by atoms with Gasteiger partial charge < -0.3 is 4.74 Å². The van der Waals surface area contributed by atoms with Gasteiger partial charge in [-0.2, -0.15) is 0 Å². The van der Waals surface area contributed by atoms with E-state index >= 15 is 0 Å². The first-order valence-corrected chi connectivity index (χ1v) is 8.94. The summed E-state index contributed by atoms with van der Waals surface area (Å²) in [5.41, 5.74) is 4.38. The Morgan fingerprint density at radius 3 is 2.64 bits per heavy atom. The third kappa shape index (κ3) is 3.12. The standard InChI is InChI=1S/C23H17N3O2/c1-3-28-23(27)17-10-7-11-19(14-17)26-21-13-12-18(24-2)15-20(21)25-22(26)16-8-5-4-6-9-16/h4-15H,3H2,1H3. The third-order valence-electron chi connectivity index (χ3n) is 4.41. The van der Waals surface area contributed by atoms with E-state index in [1.165, 1.54) is 0 Å². The Kier molecular flexibility index (Phi) is 4.61. The molecule has 0 aliphatic rings. The number of hydrogen-bond donors (Lipinski definition) is 0. The Balaban J connectivity index is 1.96. The molecule has 4 rings (SSSR count). The average Bonchev–Trinajstić information content (AvgIpc) is 3.13. The van der Waals surface area contributed by atoms with E-state index in [1.54, 1.807) is 31.2 Å². The molecule has 0 radical (unpaired) electrons. The highest BCUT2D eigenvalue weighted by Gasteiger charge is 2.16. The molecule has 28 heavy (non-hydrogen) atoms. The van der Waals surface area contributed by atoms with Crippen molar-refractivity contribution in [3.05, 3.63) is 89.8 Å². The molecule has 4 aromatic rings. The monoisotopic (exact) mass is 367 g/mol. The zero-order valence-corrected chi connectivity index (χ0v) is 15.3. The van der Waals surface area contributed by atoms with Gasteiger partial charge in [-0.1, -0.05) is 42.5 Å². The maximum atomic E-state index is 12.2. The lowest BCUT2D eigenvalue weighted by Gasteiger charge is -2.11. The summed E-state index contributed by atoms with van der Waals surface area (Å²) in [5, 5.41) is 0. The van der Waals surface area contributed by atoms with Gasteiger partial charge in [-0.15, -0.1) is 0 Å². The quantitative estimate of drug-likeness (QED) is 0.357. The summed E-state index contributed by atoms with van der Waals surface area (Å²) in [4.78, 5) is 20.5. The van der Waals surface area contributed by atoms with Gasteiger partial charge in [0.1, 0.15) is 5.82 Å². The van der Waals surface area contributed by atoms with Gasteiger partial charge in [-0.25, -0.2) is 14.6 Å². The first-order chi connectivity index (χ1) is 13.7. The van der Waals surface area contributed by atoms with Gasteiger partial charge in [0.15, 0.2) is 5.69 Å². The van der Waals surface area contributed by atoms with Crippen LogP contribution in [0.1, 0.15) is 17.3 Å². The highest BCUT2D eigenvalue weighted by Crippen LogP contribution is 2.31. The fourth-order valence-corrected chi connectivity index (χ4v) is 3.17. The predicted molar refractivity (Wildman–Crippen MR) is 109 cm³/mol. The molecule has 1 heterocycles. The van der Waals surface area contributed by atoms with E-state index < -0.39 is 0 Å². The van der Waals surface area contributed by atoms with Crippen LogP contribution in [0, 0.1) is 6.57 Å². The van der Waals surface area contributed by atoms with Crippen molar-refractivity contribution in [2.75, 3.05) is 6.61 Å². The summed E-state index contributed by atoms with van der Waals surface area (Å²) in [5.74, 6) is 0.393. The van der Waals surface area contributed by atoms with Gasteiger partial charge in [0.25, 0.3) is 0 Å². The lowest BCUT2D eigenvalue weighted by atomic mass is 10.1. The molecule has 0 fully saturated rings. The lowest BCUT2D eigenvalue weighted by Crippen LogP contribution is -2.06. The Morgan fingerprint density at radius 2 is 1.89 bits per heavy atom. The van der Waals surface area contributed by atoms with E-state index in [4.69, 9.17) is 16.3 Å². The molecule has 5 nitrogen and oxygen atoms in total. The Hall–Kier alpha value is -3.91. The molecule has 0 saturated heterocycles. The van der Waals surface area contributed by atoms with E-state index in [-0.39, 0.29) is 5.97 Å². The fourth-order valence-electron chi connectivity index (χ4n) is 3.17. The number of benzene rings is 3. The largest absolute Gasteiger partial charge is 0.462 e. The van der Waals surface area contributed by atoms with Crippen LogP contribution in [0.4, 0.5) is 5.69 Å². The summed E-state index contributed by atoms with van der Waals surface area (Å²) in [7, 11) is 0. The fraction of sp³-hybridized carbons (Fsp3) is 0.0870. The molecule has 0 N–H and O–H groups in total. The Bertz CT molecular complexity index is 1200. The number of imidazole rings is 1. The maximum Gasteiger partial charge on any atom is 0.338 e. The number of ether oxygens (including phenoxy) is 1. The first kappa shape index (κ1) is 17.5. The number of fused-ring (bicyclic) bond motifs is 1. The number of nitrogens with zero attached hydrogens (tertiary/aromatic N) is 3. The summed E-state index contributed by atoms with van der Waals surface area (Å²) >= 11 is 0. The second-order valence-corrected chi connectivity index (χ2v) is 6.19. The molecule has 3 aromatic carbocycles. The van der Waals surface area contributed by atoms with Gasteiger partial charge in [-0.3, -0.25) is 4.57 Å². The van der Waals surface area contributed by atoms with Crippen LogP contribution in [0.3, 0.4) is 0 Å². The van der Waals surface area contributed by atoms with Crippen molar-refractivity contribution >= 4 is 22.7 Å². The molecule has 0 aliphatic heterocycles. The molecule has 0 aliphatic carbocycles. The molecule has 0 bridgehead atoms. The topological polar surface area (TPSA) is 48.5 Å². The molecule has 0 amide bonds. The van der Waals surface area contributed by atoms with Gasteiger partial charge in [0.2, 0.25) is 0 Å². The molecule has 5 heteroatoms. The highest BCUT2D eigenvalue weighted by molar-refractivity contribution is 5.91. The number of carbonyl (C=O) groups excluding carboxylic acids is 1. The minimum absolute atomic E-state index is 0.325. The molecular weight excluding hydrogens is 350 g/mol. The van der Waals surface area contributed by atoms with E-state index in [9.17, 15) is 4.79 Å². The predicted octanol–water partition coefficient (Wildman–Crippen LogP) is 5.42. The normalized spacial score (nSPS) is 10.6. The van der Waals surface area contributed by atoms with Crippen LogP contribution in [0.15, 0.2) is 72.8 Å². The van der Waals surface area contributed by atoms with Crippen LogP contribution < -0.4 is 0 Å². The van der Waals surface area contributed by atoms with Crippen molar-refractivity contribution < 1.29 is 9.53 Å². The number of carbonyl (C=O) groups is 1. The molecule has 0 spiro atoms. The second kappa shape index (κ2) is 7.37. The second-order valence-electron chi connectivity index (χ2n) is 6.19. The molecular formula is C23H17N3O2. The summed E-state index contributed by atoms with van der Waals surface area (Å²) in [6, 6.07) is 22.6. The first-order valence-electron chi connectivity index (χ1n) is 8.94. The van der Waals surface area contributed by atoms with Crippen LogP contribution in [-0.4, -0.2) is 22.1 Å². The summed E-state index contributed by atoms with van der Waals surface area (Å²) in [6.45, 7) is 9.37. The lowest BCUT2D eigenvalue weighted by molar-refractivity contribution is 0.0526. The third-order valence-corrected chi connectivity index (χ3v) is 4.41. The van der Waals surface area contributed by atoms with Crippen LogP contribution in [0.25, 0.3) is 33.0 Å². The van der Waals surface area contributed by atoms with Crippen molar-refractivity contribution in [1.29, 1.82) is 0 Å². The summed E-state index contributed by atoms with van der Waals surface area (Å²) < 4.78 is 7.14. The van der Waals surface area contributed by atoms with Gasteiger partial charge in [0, 0.05) is 11.3 Å². The van der Waals surface area contributed by atoms with E-state index in [0.29, 0.717) is 17.9 Å². The van der Waals surface area contributed by atoms with Gasteiger partial charge in [-0.05, 0) is 37.3 Å². The molecule has 136 valence electrons. The molecule has 1 aromatic heterocycles. The Labute approximate surface area is 162 Å². The van der Waals surface area contributed by atoms with Crippen molar-refractivity contribution in [3.63, 3.8) is 0 Å². The van der Waals surface area contributed by atoms with Crippen molar-refractivity contribution in [1.82, 2.24) is 9.55 Å². The van der Waals surface area contributed by atoms with Crippen molar-refractivity contribution in [2.45, 2.75) is 6.92 Å². The maximum absolute atomic E-state index is 12.2. The van der Waals surface area contributed by atoms with Gasteiger partial charge in [0.05, 0.1) is 29.8 Å². The number of rotatable bonds is 4. The van der Waals surface area contributed by atoms with Crippen LogP contribution in [-0.2, 0) is 4.74 Å². The SMILES string of the molecule is [C-]#[N+]c1ccc2c(c1)nc(-c1ccccc1)n2-c1cccc(C(=O)OCC)c1. The Morgan fingerprint density at radius 1 is 1.07 bits per heavy atom.